The Hall–Kier alpha value is -6.38. The molecular weight excluding hydrogens is 655 g/mol. The molecule has 3 N–H and O–H groups in total. The number of anilines is 2. The second-order valence-electron chi connectivity index (χ2n) is 11.6. The van der Waals surface area contributed by atoms with Crippen molar-refractivity contribution in [2.24, 2.45) is 0 Å². The average Bonchev–Trinajstić information content (AvgIpc) is 3.17. The molecule has 0 bridgehead atoms. The summed E-state index contributed by atoms with van der Waals surface area (Å²) in [6.45, 7) is 1.98. The van der Waals surface area contributed by atoms with E-state index in [2.05, 4.69) is 16.0 Å². The maximum atomic E-state index is 13.7. The minimum absolute atomic E-state index is 0.103. The number of nitrogens with one attached hydrogen (secondary N) is 3. The molecule has 0 aliphatic rings. The molecule has 7 nitrogen and oxygen atoms in total. The van der Waals surface area contributed by atoms with Gasteiger partial charge in [0.25, 0.3) is 11.8 Å². The number of benzene rings is 6. The third-order valence-electron chi connectivity index (χ3n) is 7.72. The van der Waals surface area contributed by atoms with Gasteiger partial charge in [-0.1, -0.05) is 96.6 Å². The summed E-state index contributed by atoms with van der Waals surface area (Å²) in [7, 11) is 0. The van der Waals surface area contributed by atoms with Gasteiger partial charge in [-0.2, -0.15) is 0 Å². The first-order valence-corrected chi connectivity index (χ1v) is 17.2. The highest BCUT2D eigenvalue weighted by atomic mass is 32.2. The molecule has 0 saturated heterocycles. The molecule has 51 heavy (non-hydrogen) atoms. The number of hydrogen-bond acceptors (Lipinski definition) is 5. The molecule has 0 saturated carbocycles. The summed E-state index contributed by atoms with van der Waals surface area (Å²) in [6.07, 6.45) is 1.65. The van der Waals surface area contributed by atoms with Crippen molar-refractivity contribution >= 4 is 46.9 Å². The summed E-state index contributed by atoms with van der Waals surface area (Å²) < 4.78 is 5.88. The Bertz CT molecular complexity index is 2100. The summed E-state index contributed by atoms with van der Waals surface area (Å²) in [5, 5.41) is 8.16. The van der Waals surface area contributed by atoms with E-state index in [4.69, 9.17) is 4.74 Å². The van der Waals surface area contributed by atoms with Crippen LogP contribution in [0.1, 0.15) is 32.3 Å². The van der Waals surface area contributed by atoms with E-state index in [9.17, 15) is 14.4 Å². The highest BCUT2D eigenvalue weighted by Crippen LogP contribution is 2.37. The standard InChI is InChI=1S/C43H35N3O4S/c1-30-17-19-31(20-18-30)29-39(46-41(47)33-13-7-3-8-14-33)42(48)44-35-23-27-38(28-24-35)51-40(32-11-5-2-6-12-32)43(49)45-34-21-25-37(26-22-34)50-36-15-9-4-10-16-36/h2-29,40H,1H3,(H,44,48)(H,45,49)(H,46,47)/b39-29-. The van der Waals surface area contributed by atoms with Crippen molar-refractivity contribution in [3.05, 3.63) is 192 Å². The number of rotatable bonds is 12. The lowest BCUT2D eigenvalue weighted by Gasteiger charge is -2.18. The Morgan fingerprint density at radius 3 is 1.80 bits per heavy atom. The summed E-state index contributed by atoms with van der Waals surface area (Å²) in [5.41, 5.74) is 4.42. The van der Waals surface area contributed by atoms with Gasteiger partial charge in [-0.05, 0) is 96.9 Å². The first-order chi connectivity index (χ1) is 24.9. The Kier molecular flexibility index (Phi) is 11.4. The molecule has 0 fully saturated rings. The smallest absolute Gasteiger partial charge is 0.272 e. The van der Waals surface area contributed by atoms with Crippen LogP contribution in [0.3, 0.4) is 0 Å². The van der Waals surface area contributed by atoms with Crippen molar-refractivity contribution < 1.29 is 19.1 Å². The van der Waals surface area contributed by atoms with Gasteiger partial charge < -0.3 is 20.7 Å². The molecule has 6 aromatic rings. The average molecular weight is 690 g/mol. The maximum absolute atomic E-state index is 13.7. The highest BCUT2D eigenvalue weighted by Gasteiger charge is 2.23. The lowest BCUT2D eigenvalue weighted by Crippen LogP contribution is -2.30. The molecule has 0 aliphatic heterocycles. The van der Waals surface area contributed by atoms with Gasteiger partial charge in [-0.15, -0.1) is 11.8 Å². The lowest BCUT2D eigenvalue weighted by atomic mass is 10.1. The van der Waals surface area contributed by atoms with Crippen molar-refractivity contribution in [2.45, 2.75) is 17.1 Å². The first-order valence-electron chi connectivity index (χ1n) is 16.3. The van der Waals surface area contributed by atoms with Crippen LogP contribution in [0.4, 0.5) is 11.4 Å². The van der Waals surface area contributed by atoms with Gasteiger partial charge in [0, 0.05) is 21.8 Å². The van der Waals surface area contributed by atoms with Crippen LogP contribution in [0.5, 0.6) is 11.5 Å². The van der Waals surface area contributed by atoms with Gasteiger partial charge >= 0.3 is 0 Å². The normalized spacial score (nSPS) is 11.6. The zero-order chi connectivity index (χ0) is 35.4. The zero-order valence-corrected chi connectivity index (χ0v) is 28.6. The number of carbonyl (C=O) groups excluding carboxylic acids is 3. The number of para-hydroxylation sites is 1. The van der Waals surface area contributed by atoms with Crippen molar-refractivity contribution in [2.75, 3.05) is 10.6 Å². The molecule has 8 heteroatoms. The highest BCUT2D eigenvalue weighted by molar-refractivity contribution is 8.00. The molecule has 0 heterocycles. The van der Waals surface area contributed by atoms with E-state index in [1.807, 2.05) is 134 Å². The number of carbonyl (C=O) groups is 3. The van der Waals surface area contributed by atoms with Crippen molar-refractivity contribution in [1.82, 2.24) is 5.32 Å². The quantitative estimate of drug-likeness (QED) is 0.0879. The molecule has 1 atom stereocenters. The molecule has 1 unspecified atom stereocenters. The fourth-order valence-corrected chi connectivity index (χ4v) is 6.09. The molecule has 252 valence electrons. The zero-order valence-electron chi connectivity index (χ0n) is 27.8. The Labute approximate surface area is 301 Å². The van der Waals surface area contributed by atoms with Crippen LogP contribution in [0.15, 0.2) is 174 Å². The molecule has 6 rings (SSSR count). The van der Waals surface area contributed by atoms with Gasteiger partial charge in [0.2, 0.25) is 5.91 Å². The van der Waals surface area contributed by atoms with Crippen LogP contribution in [0.2, 0.25) is 0 Å². The van der Waals surface area contributed by atoms with E-state index in [1.165, 1.54) is 11.8 Å². The molecule has 0 aromatic heterocycles. The van der Waals surface area contributed by atoms with E-state index in [0.717, 1.165) is 27.3 Å². The minimum Gasteiger partial charge on any atom is -0.457 e. The maximum Gasteiger partial charge on any atom is 0.272 e. The molecule has 0 aliphatic carbocycles. The summed E-state index contributed by atoms with van der Waals surface area (Å²) >= 11 is 1.40. The predicted molar refractivity (Wildman–Crippen MR) is 205 cm³/mol. The second-order valence-corrected chi connectivity index (χ2v) is 12.8. The number of aryl methyl sites for hydroxylation is 1. The van der Waals surface area contributed by atoms with Gasteiger partial charge in [-0.3, -0.25) is 14.4 Å². The van der Waals surface area contributed by atoms with E-state index in [1.54, 1.807) is 42.5 Å². The molecule has 6 aromatic carbocycles. The van der Waals surface area contributed by atoms with E-state index < -0.39 is 17.1 Å². The topological polar surface area (TPSA) is 96.5 Å². The fourth-order valence-electron chi connectivity index (χ4n) is 5.06. The predicted octanol–water partition coefficient (Wildman–Crippen LogP) is 9.67. The number of thioether (sulfide) groups is 1. The minimum atomic E-state index is -0.552. The van der Waals surface area contributed by atoms with Crippen molar-refractivity contribution in [1.29, 1.82) is 0 Å². The van der Waals surface area contributed by atoms with Crippen LogP contribution in [-0.4, -0.2) is 17.7 Å². The van der Waals surface area contributed by atoms with Crippen molar-refractivity contribution in [3.63, 3.8) is 0 Å². The largest absolute Gasteiger partial charge is 0.457 e. The van der Waals surface area contributed by atoms with E-state index in [0.29, 0.717) is 22.7 Å². The van der Waals surface area contributed by atoms with Crippen LogP contribution < -0.4 is 20.7 Å². The molecule has 3 amide bonds. The van der Waals surface area contributed by atoms with Crippen LogP contribution in [-0.2, 0) is 9.59 Å². The van der Waals surface area contributed by atoms with Crippen molar-refractivity contribution in [3.8, 4) is 11.5 Å². The Morgan fingerprint density at radius 1 is 0.608 bits per heavy atom. The van der Waals surface area contributed by atoms with E-state index >= 15 is 0 Å². The monoisotopic (exact) mass is 689 g/mol. The fraction of sp³-hybridized carbons (Fsp3) is 0.0465. The van der Waals surface area contributed by atoms with Crippen LogP contribution in [0, 0.1) is 6.92 Å². The van der Waals surface area contributed by atoms with E-state index in [-0.39, 0.29) is 11.6 Å². The second kappa shape index (κ2) is 16.8. The summed E-state index contributed by atoms with van der Waals surface area (Å²) in [5.74, 6) is 0.353. The van der Waals surface area contributed by atoms with Gasteiger partial charge in [0.05, 0.1) is 0 Å². The summed E-state index contributed by atoms with van der Waals surface area (Å²) in [4.78, 5) is 41.0. The number of hydrogen-bond donors (Lipinski definition) is 3. The lowest BCUT2D eigenvalue weighted by molar-refractivity contribution is -0.116. The van der Waals surface area contributed by atoms with Gasteiger partial charge in [0.15, 0.2) is 0 Å². The van der Waals surface area contributed by atoms with Gasteiger partial charge in [-0.25, -0.2) is 0 Å². The molecule has 0 radical (unpaired) electrons. The first kappa shape index (κ1) is 34.5. The van der Waals surface area contributed by atoms with Crippen LogP contribution >= 0.6 is 11.8 Å². The molecular formula is C43H35N3O4S. The summed E-state index contributed by atoms with van der Waals surface area (Å²) in [6, 6.07) is 50.0. The Balaban J connectivity index is 1.14. The third-order valence-corrected chi connectivity index (χ3v) is 8.99. The number of ether oxygens (including phenoxy) is 1. The number of amides is 3. The van der Waals surface area contributed by atoms with Gasteiger partial charge in [0.1, 0.15) is 22.4 Å². The Morgan fingerprint density at radius 2 is 1.16 bits per heavy atom. The SMILES string of the molecule is Cc1ccc(/C=C(\NC(=O)c2ccccc2)C(=O)Nc2ccc(SC(C(=O)Nc3ccc(Oc4ccccc4)cc3)c3ccccc3)cc2)cc1. The molecule has 0 spiro atoms. The third kappa shape index (κ3) is 9.84. The van der Waals surface area contributed by atoms with Crippen LogP contribution in [0.25, 0.3) is 6.08 Å².